The van der Waals surface area contributed by atoms with Gasteiger partial charge in [0.1, 0.15) is 5.65 Å². The lowest BCUT2D eigenvalue weighted by Crippen LogP contribution is -2.17. The molecule has 4 nitrogen and oxygen atoms in total. The number of rotatable bonds is 4. The van der Waals surface area contributed by atoms with Gasteiger partial charge in [0.05, 0.1) is 12.5 Å². The Morgan fingerprint density at radius 1 is 1.47 bits per heavy atom. The largest absolute Gasteiger partial charge is 0.465 e. The summed E-state index contributed by atoms with van der Waals surface area (Å²) in [5.41, 5.74) is 1.78. The van der Waals surface area contributed by atoms with Gasteiger partial charge in [-0.3, -0.25) is 4.79 Å². The maximum absolute atomic E-state index is 11.9. The second-order valence-electron chi connectivity index (χ2n) is 3.82. The molecule has 2 heterocycles. The molecule has 0 saturated heterocycles. The summed E-state index contributed by atoms with van der Waals surface area (Å²) in [4.78, 5) is 16.1. The van der Waals surface area contributed by atoms with E-state index in [1.54, 1.807) is 6.20 Å². The van der Waals surface area contributed by atoms with Crippen LogP contribution >= 0.6 is 0 Å². The van der Waals surface area contributed by atoms with Gasteiger partial charge in [-0.1, -0.05) is 13.0 Å². The van der Waals surface area contributed by atoms with Gasteiger partial charge in [0.2, 0.25) is 0 Å². The number of hydrogen-bond acceptors (Lipinski definition) is 3. The van der Waals surface area contributed by atoms with Crippen molar-refractivity contribution >= 4 is 11.6 Å². The Morgan fingerprint density at radius 2 is 2.29 bits per heavy atom. The molecule has 1 unspecified atom stereocenters. The standard InChI is InChI=1S/C13H16N2O2/c1-3-10(13(16)17-4-2)11-6-5-7-12-14-8-9-15(11)12/h5-10H,3-4H2,1-2H3. The normalized spacial score (nSPS) is 12.6. The molecule has 90 valence electrons. The van der Waals surface area contributed by atoms with Crippen molar-refractivity contribution in [2.24, 2.45) is 0 Å². The summed E-state index contributed by atoms with van der Waals surface area (Å²) < 4.78 is 7.04. The van der Waals surface area contributed by atoms with Gasteiger partial charge in [-0.25, -0.2) is 4.98 Å². The van der Waals surface area contributed by atoms with Crippen LogP contribution in [0.4, 0.5) is 0 Å². The van der Waals surface area contributed by atoms with Crippen LogP contribution in [-0.2, 0) is 9.53 Å². The zero-order valence-corrected chi connectivity index (χ0v) is 10.1. The van der Waals surface area contributed by atoms with E-state index in [-0.39, 0.29) is 11.9 Å². The molecule has 0 N–H and O–H groups in total. The van der Waals surface area contributed by atoms with E-state index in [4.69, 9.17) is 4.74 Å². The molecule has 4 heteroatoms. The van der Waals surface area contributed by atoms with Crippen molar-refractivity contribution in [1.29, 1.82) is 0 Å². The molecule has 2 aromatic rings. The molecular formula is C13H16N2O2. The summed E-state index contributed by atoms with van der Waals surface area (Å²) in [6.45, 7) is 4.22. The number of pyridine rings is 1. The third-order valence-corrected chi connectivity index (χ3v) is 2.80. The highest BCUT2D eigenvalue weighted by atomic mass is 16.5. The zero-order chi connectivity index (χ0) is 12.3. The molecule has 0 bridgehead atoms. The van der Waals surface area contributed by atoms with E-state index in [0.29, 0.717) is 6.61 Å². The average molecular weight is 232 g/mol. The first-order valence-electron chi connectivity index (χ1n) is 5.86. The fourth-order valence-corrected chi connectivity index (χ4v) is 1.99. The summed E-state index contributed by atoms with van der Waals surface area (Å²) in [6.07, 6.45) is 4.32. The van der Waals surface area contributed by atoms with Crippen LogP contribution < -0.4 is 0 Å². The minimum absolute atomic E-state index is 0.170. The van der Waals surface area contributed by atoms with Crippen LogP contribution in [0.5, 0.6) is 0 Å². The molecule has 0 spiro atoms. The molecule has 1 atom stereocenters. The molecule has 2 aromatic heterocycles. The predicted octanol–water partition coefficient (Wildman–Crippen LogP) is 2.39. The lowest BCUT2D eigenvalue weighted by Gasteiger charge is -2.15. The van der Waals surface area contributed by atoms with Gasteiger partial charge in [-0.2, -0.15) is 0 Å². The molecule has 0 radical (unpaired) electrons. The Hall–Kier alpha value is -1.84. The van der Waals surface area contributed by atoms with Crippen LogP contribution in [0.25, 0.3) is 5.65 Å². The van der Waals surface area contributed by atoms with Crippen molar-refractivity contribution in [2.75, 3.05) is 6.61 Å². The number of ether oxygens (including phenoxy) is 1. The lowest BCUT2D eigenvalue weighted by atomic mass is 10.0. The number of esters is 1. The predicted molar refractivity (Wildman–Crippen MR) is 64.9 cm³/mol. The minimum Gasteiger partial charge on any atom is -0.465 e. The number of carbonyl (C=O) groups is 1. The molecule has 0 aliphatic heterocycles. The first kappa shape index (κ1) is 11.6. The first-order valence-corrected chi connectivity index (χ1v) is 5.86. The van der Waals surface area contributed by atoms with E-state index in [9.17, 15) is 4.79 Å². The molecule has 0 amide bonds. The van der Waals surface area contributed by atoms with Crippen molar-refractivity contribution in [3.05, 3.63) is 36.3 Å². The van der Waals surface area contributed by atoms with Crippen LogP contribution in [0.3, 0.4) is 0 Å². The second kappa shape index (κ2) is 4.99. The number of nitrogens with zero attached hydrogens (tertiary/aromatic N) is 2. The Labute approximate surface area is 100 Å². The molecule has 0 aromatic carbocycles. The van der Waals surface area contributed by atoms with Crippen molar-refractivity contribution in [1.82, 2.24) is 9.38 Å². The zero-order valence-electron chi connectivity index (χ0n) is 10.1. The molecular weight excluding hydrogens is 216 g/mol. The van der Waals surface area contributed by atoms with Crippen molar-refractivity contribution in [3.8, 4) is 0 Å². The summed E-state index contributed by atoms with van der Waals surface area (Å²) in [5.74, 6) is -0.399. The fourth-order valence-electron chi connectivity index (χ4n) is 1.99. The van der Waals surface area contributed by atoms with E-state index >= 15 is 0 Å². The fraction of sp³-hybridized carbons (Fsp3) is 0.385. The van der Waals surface area contributed by atoms with Gasteiger partial charge in [0.15, 0.2) is 0 Å². The maximum Gasteiger partial charge on any atom is 0.314 e. The van der Waals surface area contributed by atoms with Gasteiger partial charge in [0.25, 0.3) is 0 Å². The third-order valence-electron chi connectivity index (χ3n) is 2.80. The van der Waals surface area contributed by atoms with Gasteiger partial charge >= 0.3 is 5.97 Å². The van der Waals surface area contributed by atoms with Crippen LogP contribution in [0.1, 0.15) is 31.9 Å². The monoisotopic (exact) mass is 232 g/mol. The van der Waals surface area contributed by atoms with Crippen LogP contribution in [0.2, 0.25) is 0 Å². The highest BCUT2D eigenvalue weighted by Gasteiger charge is 2.22. The van der Waals surface area contributed by atoms with Gasteiger partial charge < -0.3 is 9.14 Å². The lowest BCUT2D eigenvalue weighted by molar-refractivity contribution is -0.145. The SMILES string of the molecule is CCOC(=O)C(CC)c1cccc2nccn12. The Kier molecular flexibility index (Phi) is 3.42. The number of imidazole rings is 1. The average Bonchev–Trinajstić information content (AvgIpc) is 2.79. The van der Waals surface area contributed by atoms with E-state index in [1.165, 1.54) is 0 Å². The Bertz CT molecular complexity index is 519. The first-order chi connectivity index (χ1) is 8.27. The topological polar surface area (TPSA) is 43.6 Å². The highest BCUT2D eigenvalue weighted by molar-refractivity contribution is 5.77. The molecule has 0 aliphatic carbocycles. The smallest absolute Gasteiger partial charge is 0.314 e. The third kappa shape index (κ3) is 2.16. The second-order valence-corrected chi connectivity index (χ2v) is 3.82. The number of aromatic nitrogens is 2. The van der Waals surface area contributed by atoms with E-state index in [2.05, 4.69) is 4.98 Å². The van der Waals surface area contributed by atoms with E-state index in [1.807, 2.05) is 42.6 Å². The van der Waals surface area contributed by atoms with Crippen LogP contribution in [-0.4, -0.2) is 22.0 Å². The number of hydrogen-bond donors (Lipinski definition) is 0. The van der Waals surface area contributed by atoms with Crippen LogP contribution in [0.15, 0.2) is 30.6 Å². The maximum atomic E-state index is 11.9. The molecule has 0 saturated carbocycles. The van der Waals surface area contributed by atoms with Crippen molar-refractivity contribution in [3.63, 3.8) is 0 Å². The summed E-state index contributed by atoms with van der Waals surface area (Å²) in [6, 6.07) is 5.78. The number of carbonyl (C=O) groups excluding carboxylic acids is 1. The van der Waals surface area contributed by atoms with Crippen molar-refractivity contribution in [2.45, 2.75) is 26.2 Å². The number of fused-ring (bicyclic) bond motifs is 1. The Balaban J connectivity index is 2.42. The minimum atomic E-state index is -0.229. The molecule has 2 rings (SSSR count). The quantitative estimate of drug-likeness (QED) is 0.760. The highest BCUT2D eigenvalue weighted by Crippen LogP contribution is 2.22. The van der Waals surface area contributed by atoms with Gasteiger partial charge in [0, 0.05) is 18.1 Å². The van der Waals surface area contributed by atoms with Gasteiger partial charge in [-0.05, 0) is 25.5 Å². The molecule has 0 aliphatic rings. The van der Waals surface area contributed by atoms with E-state index < -0.39 is 0 Å². The molecule has 17 heavy (non-hydrogen) atoms. The Morgan fingerprint density at radius 3 is 3.00 bits per heavy atom. The summed E-state index contributed by atoms with van der Waals surface area (Å²) in [5, 5.41) is 0. The summed E-state index contributed by atoms with van der Waals surface area (Å²) >= 11 is 0. The van der Waals surface area contributed by atoms with Crippen LogP contribution in [0, 0.1) is 0 Å². The summed E-state index contributed by atoms with van der Waals surface area (Å²) in [7, 11) is 0. The van der Waals surface area contributed by atoms with Crippen molar-refractivity contribution < 1.29 is 9.53 Å². The van der Waals surface area contributed by atoms with Gasteiger partial charge in [-0.15, -0.1) is 0 Å². The molecule has 0 fully saturated rings. The van der Waals surface area contributed by atoms with E-state index in [0.717, 1.165) is 17.8 Å².